The van der Waals surface area contributed by atoms with Crippen molar-refractivity contribution in [2.24, 2.45) is 0 Å². The second-order valence-corrected chi connectivity index (χ2v) is 10.6. The highest BCUT2D eigenvalue weighted by Gasteiger charge is 2.40. The van der Waals surface area contributed by atoms with Gasteiger partial charge in [0.1, 0.15) is 11.8 Å². The molecule has 1 aliphatic heterocycles. The topological polar surface area (TPSA) is 119 Å². The molecule has 0 saturated carbocycles. The van der Waals surface area contributed by atoms with Crippen LogP contribution < -0.4 is 10.6 Å². The number of phenolic OH excluding ortho intramolecular Hbond substituents is 1. The first-order valence-corrected chi connectivity index (χ1v) is 13.9. The molecule has 3 aromatic carbocycles. The molecule has 204 valence electrons. The van der Waals surface area contributed by atoms with E-state index in [1.807, 2.05) is 61.5 Å². The van der Waals surface area contributed by atoms with E-state index in [1.54, 1.807) is 19.1 Å². The summed E-state index contributed by atoms with van der Waals surface area (Å²) in [5.41, 5.74) is 3.52. The zero-order valence-corrected chi connectivity index (χ0v) is 22.8. The minimum absolute atomic E-state index is 0.0208. The lowest BCUT2D eigenvalue weighted by atomic mass is 9.98. The van der Waals surface area contributed by atoms with Gasteiger partial charge in [0.15, 0.2) is 6.10 Å². The largest absolute Gasteiger partial charge is 0.508 e. The molecular weight excluding hydrogens is 514 g/mol. The average molecular weight is 548 g/mol. The molecule has 8 nitrogen and oxygen atoms in total. The fourth-order valence-corrected chi connectivity index (χ4v) is 5.72. The summed E-state index contributed by atoms with van der Waals surface area (Å²) >= 11 is 1.44. The lowest BCUT2D eigenvalue weighted by molar-refractivity contribution is -0.146. The molecule has 1 saturated heterocycles. The van der Waals surface area contributed by atoms with Crippen molar-refractivity contribution in [1.29, 1.82) is 0 Å². The number of aryl methyl sites for hydroxylation is 1. The molecule has 0 bridgehead atoms. The number of benzene rings is 3. The predicted molar refractivity (Wildman–Crippen MR) is 151 cm³/mol. The summed E-state index contributed by atoms with van der Waals surface area (Å²) in [6, 6.07) is 19.9. The standard InChI is InChI=1S/C30H33N3O5S/c1-19-9-6-7-12-22(19)16-31-29(37)25-17-39-18-33(25)30(38)27(35)24(15-21-10-4-3-5-11-21)32-28(36)23-13-8-14-26(34)20(23)2/h3-14,24-25,27,34-35H,15-18H2,1-2H3,(H,31,37)(H,32,36)/t24-,25-,27-/m0/s1. The number of hydrogen-bond acceptors (Lipinski definition) is 6. The van der Waals surface area contributed by atoms with Crippen LogP contribution in [-0.4, -0.2) is 62.7 Å². The highest BCUT2D eigenvalue weighted by atomic mass is 32.2. The summed E-state index contributed by atoms with van der Waals surface area (Å²) in [7, 11) is 0. The van der Waals surface area contributed by atoms with E-state index in [2.05, 4.69) is 10.6 Å². The molecule has 0 aromatic heterocycles. The summed E-state index contributed by atoms with van der Waals surface area (Å²) in [5.74, 6) is -0.772. The predicted octanol–water partition coefficient (Wildman–Crippen LogP) is 2.93. The molecule has 4 N–H and O–H groups in total. The van der Waals surface area contributed by atoms with Gasteiger partial charge in [-0.05, 0) is 49.1 Å². The molecule has 3 amide bonds. The Balaban J connectivity index is 1.50. The molecule has 0 unspecified atom stereocenters. The van der Waals surface area contributed by atoms with E-state index in [0.29, 0.717) is 17.9 Å². The van der Waals surface area contributed by atoms with Crippen LogP contribution in [0.15, 0.2) is 72.8 Å². The highest BCUT2D eigenvalue weighted by Crippen LogP contribution is 2.24. The SMILES string of the molecule is Cc1ccccc1CNC(=O)[C@@H]1CSCN1C(=O)[C@@H](O)[C@H](Cc1ccccc1)NC(=O)c1cccc(O)c1C. The second kappa shape index (κ2) is 12.8. The number of phenols is 1. The van der Waals surface area contributed by atoms with Gasteiger partial charge in [0.25, 0.3) is 11.8 Å². The van der Waals surface area contributed by atoms with E-state index in [1.165, 1.54) is 22.7 Å². The van der Waals surface area contributed by atoms with Crippen molar-refractivity contribution in [3.63, 3.8) is 0 Å². The summed E-state index contributed by atoms with van der Waals surface area (Å²) in [4.78, 5) is 41.2. The summed E-state index contributed by atoms with van der Waals surface area (Å²) in [6.07, 6.45) is -1.39. The molecule has 9 heteroatoms. The number of rotatable bonds is 9. The maximum absolute atomic E-state index is 13.6. The Kier molecular flexibility index (Phi) is 9.27. The molecule has 0 aliphatic carbocycles. The number of aliphatic hydroxyl groups excluding tert-OH is 1. The van der Waals surface area contributed by atoms with Gasteiger partial charge >= 0.3 is 0 Å². The maximum atomic E-state index is 13.6. The van der Waals surface area contributed by atoms with E-state index < -0.39 is 30.0 Å². The highest BCUT2D eigenvalue weighted by molar-refractivity contribution is 7.99. The van der Waals surface area contributed by atoms with Crippen LogP contribution in [0.3, 0.4) is 0 Å². The Morgan fingerprint density at radius 1 is 1.00 bits per heavy atom. The first-order valence-electron chi connectivity index (χ1n) is 12.8. The van der Waals surface area contributed by atoms with Crippen LogP contribution in [0.1, 0.15) is 32.6 Å². The van der Waals surface area contributed by atoms with Gasteiger partial charge in [-0.25, -0.2) is 0 Å². The van der Waals surface area contributed by atoms with Crippen molar-refractivity contribution >= 4 is 29.5 Å². The maximum Gasteiger partial charge on any atom is 0.254 e. The minimum Gasteiger partial charge on any atom is -0.508 e. The van der Waals surface area contributed by atoms with Crippen molar-refractivity contribution in [2.75, 3.05) is 11.6 Å². The Labute approximate surface area is 232 Å². The lowest BCUT2D eigenvalue weighted by Gasteiger charge is -2.30. The normalized spacial score (nSPS) is 16.4. The monoisotopic (exact) mass is 547 g/mol. The number of carbonyl (C=O) groups is 3. The quantitative estimate of drug-likeness (QED) is 0.327. The molecule has 0 radical (unpaired) electrons. The van der Waals surface area contributed by atoms with E-state index in [-0.39, 0.29) is 29.5 Å². The van der Waals surface area contributed by atoms with Crippen LogP contribution in [-0.2, 0) is 22.6 Å². The number of hydrogen-bond donors (Lipinski definition) is 4. The van der Waals surface area contributed by atoms with Gasteiger partial charge in [-0.2, -0.15) is 0 Å². The molecule has 3 atom stereocenters. The van der Waals surface area contributed by atoms with Crippen molar-refractivity contribution < 1.29 is 24.6 Å². The summed E-state index contributed by atoms with van der Waals surface area (Å²) in [5, 5.41) is 27.0. The van der Waals surface area contributed by atoms with Gasteiger partial charge in [0.2, 0.25) is 5.91 Å². The van der Waals surface area contributed by atoms with Crippen LogP contribution in [0.2, 0.25) is 0 Å². The fraction of sp³-hybridized carbons (Fsp3) is 0.300. The Hall–Kier alpha value is -3.82. The number of thioether (sulfide) groups is 1. The van der Waals surface area contributed by atoms with Crippen molar-refractivity contribution in [3.05, 3.63) is 101 Å². The molecule has 39 heavy (non-hydrogen) atoms. The van der Waals surface area contributed by atoms with Crippen LogP contribution >= 0.6 is 11.8 Å². The third-order valence-electron chi connectivity index (χ3n) is 6.98. The van der Waals surface area contributed by atoms with Crippen LogP contribution in [0, 0.1) is 13.8 Å². The van der Waals surface area contributed by atoms with E-state index >= 15 is 0 Å². The van der Waals surface area contributed by atoms with Gasteiger partial charge in [-0.1, -0.05) is 60.7 Å². The van der Waals surface area contributed by atoms with Crippen LogP contribution in [0.25, 0.3) is 0 Å². The number of nitrogens with one attached hydrogen (secondary N) is 2. The molecule has 4 rings (SSSR count). The molecule has 1 aliphatic rings. The Morgan fingerprint density at radius 3 is 2.46 bits per heavy atom. The molecule has 3 aromatic rings. The number of aliphatic hydroxyl groups is 1. The average Bonchev–Trinajstić information content (AvgIpc) is 3.43. The number of amides is 3. The van der Waals surface area contributed by atoms with E-state index in [9.17, 15) is 24.6 Å². The summed E-state index contributed by atoms with van der Waals surface area (Å²) < 4.78 is 0. The van der Waals surface area contributed by atoms with Crippen LogP contribution in [0.5, 0.6) is 5.75 Å². The number of aromatic hydroxyl groups is 1. The molecular formula is C30H33N3O5S. The Bertz CT molecular complexity index is 1330. The zero-order valence-electron chi connectivity index (χ0n) is 22.0. The first-order chi connectivity index (χ1) is 18.8. The van der Waals surface area contributed by atoms with E-state index in [4.69, 9.17) is 0 Å². The fourth-order valence-electron chi connectivity index (χ4n) is 4.55. The zero-order chi connectivity index (χ0) is 27.9. The third-order valence-corrected chi connectivity index (χ3v) is 7.99. The molecule has 0 spiro atoms. The van der Waals surface area contributed by atoms with Crippen molar-refractivity contribution in [2.45, 2.75) is 45.0 Å². The lowest BCUT2D eigenvalue weighted by Crippen LogP contribution is -2.56. The molecule has 1 fully saturated rings. The van der Waals surface area contributed by atoms with Crippen molar-refractivity contribution in [3.8, 4) is 5.75 Å². The summed E-state index contributed by atoms with van der Waals surface area (Å²) in [6.45, 7) is 3.94. The van der Waals surface area contributed by atoms with E-state index in [0.717, 1.165) is 16.7 Å². The van der Waals surface area contributed by atoms with Gasteiger partial charge < -0.3 is 25.7 Å². The Morgan fingerprint density at radius 2 is 1.72 bits per heavy atom. The van der Waals surface area contributed by atoms with Crippen LogP contribution in [0.4, 0.5) is 0 Å². The first kappa shape index (κ1) is 28.2. The minimum atomic E-state index is -1.59. The van der Waals surface area contributed by atoms with Gasteiger partial charge in [-0.15, -0.1) is 11.8 Å². The molecule has 1 heterocycles. The van der Waals surface area contributed by atoms with Gasteiger partial charge in [-0.3, -0.25) is 14.4 Å². The number of carbonyl (C=O) groups excluding carboxylic acids is 3. The number of nitrogens with zero attached hydrogens (tertiary/aromatic N) is 1. The van der Waals surface area contributed by atoms with Gasteiger partial charge in [0, 0.05) is 23.4 Å². The smallest absolute Gasteiger partial charge is 0.254 e. The van der Waals surface area contributed by atoms with Crippen molar-refractivity contribution in [1.82, 2.24) is 15.5 Å². The van der Waals surface area contributed by atoms with Gasteiger partial charge in [0.05, 0.1) is 11.9 Å². The third kappa shape index (κ3) is 6.79. The second-order valence-electron chi connectivity index (χ2n) is 9.63.